The van der Waals surface area contributed by atoms with Crippen LogP contribution in [-0.4, -0.2) is 29.7 Å². The molecule has 0 aliphatic carbocycles. The molecule has 1 N–H and O–H groups in total. The quantitative estimate of drug-likeness (QED) is 0.306. The van der Waals surface area contributed by atoms with Gasteiger partial charge in [-0.05, 0) is 42.8 Å². The second-order valence-electron chi connectivity index (χ2n) is 5.77. The van der Waals surface area contributed by atoms with Gasteiger partial charge in [-0.1, -0.05) is 47.7 Å². The Morgan fingerprint density at radius 2 is 1.96 bits per heavy atom. The van der Waals surface area contributed by atoms with E-state index < -0.39 is 0 Å². The maximum atomic E-state index is 11.8. The first-order valence-corrected chi connectivity index (χ1v) is 10.5. The molecule has 0 unspecified atom stereocenters. The predicted octanol–water partition coefficient (Wildman–Crippen LogP) is 4.66. The van der Waals surface area contributed by atoms with E-state index >= 15 is 0 Å². The second-order valence-corrected chi connectivity index (χ2v) is 8.66. The highest BCUT2D eigenvalue weighted by atomic mass is 32.2. The van der Waals surface area contributed by atoms with Gasteiger partial charge in [-0.25, -0.2) is 0 Å². The lowest BCUT2D eigenvalue weighted by atomic mass is 10.2. The Balaban J connectivity index is 1.59. The van der Waals surface area contributed by atoms with Crippen LogP contribution in [0, 0.1) is 6.92 Å². The highest BCUT2D eigenvalue weighted by Crippen LogP contribution is 2.31. The van der Waals surface area contributed by atoms with Gasteiger partial charge in [0.05, 0.1) is 18.6 Å². The van der Waals surface area contributed by atoms with Gasteiger partial charge in [0.2, 0.25) is 0 Å². The molecule has 0 spiro atoms. The molecule has 2 aromatic rings. The number of carbonyl (C=O) groups excluding carboxylic acids is 1. The number of nitrogens with one attached hydrogen (secondary N) is 1. The molecule has 1 aliphatic heterocycles. The zero-order valence-electron chi connectivity index (χ0n) is 15.0. The summed E-state index contributed by atoms with van der Waals surface area (Å²) in [4.78, 5) is 13.6. The van der Waals surface area contributed by atoms with Gasteiger partial charge >= 0.3 is 0 Å². The van der Waals surface area contributed by atoms with E-state index in [2.05, 4.69) is 36.5 Å². The summed E-state index contributed by atoms with van der Waals surface area (Å²) < 4.78 is 11.8. The van der Waals surface area contributed by atoms with Gasteiger partial charge < -0.3 is 14.8 Å². The molecular formula is C20H19NO3S3. The Bertz CT molecular complexity index is 879. The minimum absolute atomic E-state index is 0.169. The van der Waals surface area contributed by atoms with Crippen LogP contribution in [0.15, 0.2) is 52.3 Å². The van der Waals surface area contributed by atoms with Crippen molar-refractivity contribution in [1.82, 2.24) is 5.32 Å². The Morgan fingerprint density at radius 3 is 2.63 bits per heavy atom. The van der Waals surface area contributed by atoms with E-state index in [-0.39, 0.29) is 5.91 Å². The highest BCUT2D eigenvalue weighted by molar-refractivity contribution is 8.26. The highest BCUT2D eigenvalue weighted by Gasteiger charge is 2.22. The van der Waals surface area contributed by atoms with Crippen molar-refractivity contribution in [2.45, 2.75) is 11.8 Å². The number of carbonyl (C=O) groups is 1. The van der Waals surface area contributed by atoms with Crippen LogP contribution in [0.25, 0.3) is 6.08 Å². The van der Waals surface area contributed by atoms with Crippen molar-refractivity contribution < 1.29 is 14.3 Å². The minimum Gasteiger partial charge on any atom is -0.493 e. The van der Waals surface area contributed by atoms with Crippen molar-refractivity contribution in [2.75, 3.05) is 19.5 Å². The molecule has 4 nitrogen and oxygen atoms in total. The predicted molar refractivity (Wildman–Crippen MR) is 117 cm³/mol. The Morgan fingerprint density at radius 1 is 1.19 bits per heavy atom. The van der Waals surface area contributed by atoms with Crippen LogP contribution in [0.1, 0.15) is 11.1 Å². The average Bonchev–Trinajstić information content (AvgIpc) is 2.98. The molecule has 0 saturated carbocycles. The van der Waals surface area contributed by atoms with Crippen LogP contribution in [0.5, 0.6) is 11.5 Å². The molecule has 140 valence electrons. The molecule has 1 amide bonds. The van der Waals surface area contributed by atoms with Crippen LogP contribution >= 0.6 is 35.7 Å². The van der Waals surface area contributed by atoms with Crippen molar-refractivity contribution in [3.05, 3.63) is 58.5 Å². The molecule has 1 aliphatic rings. The Kier molecular flexibility index (Phi) is 6.82. The Hall–Kier alpha value is -1.96. The first kappa shape index (κ1) is 19.8. The van der Waals surface area contributed by atoms with Gasteiger partial charge in [0, 0.05) is 10.6 Å². The van der Waals surface area contributed by atoms with E-state index in [0.29, 0.717) is 27.3 Å². The van der Waals surface area contributed by atoms with Crippen molar-refractivity contribution in [1.29, 1.82) is 0 Å². The first-order chi connectivity index (χ1) is 13.0. The molecule has 27 heavy (non-hydrogen) atoms. The monoisotopic (exact) mass is 417 g/mol. The molecule has 1 fully saturated rings. The van der Waals surface area contributed by atoms with Crippen molar-refractivity contribution in [3.8, 4) is 11.5 Å². The van der Waals surface area contributed by atoms with E-state index in [4.69, 9.17) is 21.7 Å². The maximum absolute atomic E-state index is 11.8. The molecule has 0 radical (unpaired) electrons. The number of hydrogen-bond donors (Lipinski definition) is 1. The summed E-state index contributed by atoms with van der Waals surface area (Å²) in [5.74, 6) is 1.99. The number of methoxy groups -OCH3 is 1. The van der Waals surface area contributed by atoms with E-state index in [1.54, 1.807) is 24.9 Å². The molecule has 1 heterocycles. The summed E-state index contributed by atoms with van der Waals surface area (Å²) in [6.45, 7) is 2.65. The van der Waals surface area contributed by atoms with Gasteiger partial charge in [0.1, 0.15) is 4.32 Å². The van der Waals surface area contributed by atoms with Crippen molar-refractivity contribution in [3.63, 3.8) is 0 Å². The number of ether oxygens (including phenoxy) is 2. The van der Waals surface area contributed by atoms with Crippen LogP contribution in [0.3, 0.4) is 0 Å². The Labute approximate surface area is 172 Å². The van der Waals surface area contributed by atoms with E-state index in [9.17, 15) is 4.79 Å². The van der Waals surface area contributed by atoms with Gasteiger partial charge in [0.25, 0.3) is 5.91 Å². The summed E-state index contributed by atoms with van der Waals surface area (Å²) in [6, 6.07) is 14.1. The molecule has 0 atom stereocenters. The lowest BCUT2D eigenvalue weighted by molar-refractivity contribution is -0.115. The third kappa shape index (κ3) is 5.51. The summed E-state index contributed by atoms with van der Waals surface area (Å²) in [5, 5.41) is 2.61. The second kappa shape index (κ2) is 9.30. The lowest BCUT2D eigenvalue weighted by Crippen LogP contribution is -2.17. The molecule has 0 aromatic heterocycles. The normalized spacial score (nSPS) is 15.1. The number of hydrogen-bond acceptors (Lipinski definition) is 6. The number of amides is 1. The third-order valence-electron chi connectivity index (χ3n) is 3.76. The minimum atomic E-state index is -0.169. The van der Waals surface area contributed by atoms with Crippen LogP contribution in [-0.2, 0) is 4.79 Å². The zero-order chi connectivity index (χ0) is 19.2. The SMILES string of the molecule is COc1cc(/C=C2/SC(=S)NC2=O)ccc1OCCSc1ccc(C)cc1. The van der Waals surface area contributed by atoms with Gasteiger partial charge in [-0.2, -0.15) is 0 Å². The van der Waals surface area contributed by atoms with Crippen LogP contribution < -0.4 is 14.8 Å². The number of thioether (sulfide) groups is 2. The van der Waals surface area contributed by atoms with E-state index in [1.165, 1.54) is 22.2 Å². The maximum Gasteiger partial charge on any atom is 0.263 e. The number of aryl methyl sites for hydroxylation is 1. The smallest absolute Gasteiger partial charge is 0.263 e. The van der Waals surface area contributed by atoms with Crippen molar-refractivity contribution >= 4 is 52.0 Å². The largest absolute Gasteiger partial charge is 0.493 e. The molecule has 1 saturated heterocycles. The van der Waals surface area contributed by atoms with E-state index in [1.807, 2.05) is 18.2 Å². The van der Waals surface area contributed by atoms with Crippen LogP contribution in [0.4, 0.5) is 0 Å². The summed E-state index contributed by atoms with van der Waals surface area (Å²) in [5.41, 5.74) is 2.11. The molecular weight excluding hydrogens is 398 g/mol. The van der Waals surface area contributed by atoms with Crippen molar-refractivity contribution in [2.24, 2.45) is 0 Å². The number of benzene rings is 2. The topological polar surface area (TPSA) is 47.6 Å². The molecule has 3 rings (SSSR count). The molecule has 0 bridgehead atoms. The van der Waals surface area contributed by atoms with E-state index in [0.717, 1.165) is 11.3 Å². The van der Waals surface area contributed by atoms with Gasteiger partial charge in [-0.3, -0.25) is 4.79 Å². The average molecular weight is 418 g/mol. The first-order valence-electron chi connectivity index (χ1n) is 8.30. The van der Waals surface area contributed by atoms with Crippen LogP contribution in [0.2, 0.25) is 0 Å². The summed E-state index contributed by atoms with van der Waals surface area (Å²) in [6.07, 6.45) is 1.79. The lowest BCUT2D eigenvalue weighted by Gasteiger charge is -2.11. The summed E-state index contributed by atoms with van der Waals surface area (Å²) >= 11 is 8.01. The molecule has 2 aromatic carbocycles. The standard InChI is InChI=1S/C20H19NO3S3/c1-13-3-6-15(7-4-13)26-10-9-24-16-8-5-14(11-17(16)23-2)12-18-19(22)21-20(25)27-18/h3-8,11-12H,9-10H2,1-2H3,(H,21,22,25)/b18-12+. The van der Waals surface area contributed by atoms with Gasteiger partial charge in [-0.15, -0.1) is 11.8 Å². The third-order valence-corrected chi connectivity index (χ3v) is 5.90. The number of rotatable bonds is 7. The number of thiocarbonyl (C=S) groups is 1. The van der Waals surface area contributed by atoms with Gasteiger partial charge in [0.15, 0.2) is 11.5 Å². The zero-order valence-corrected chi connectivity index (χ0v) is 17.4. The fourth-order valence-electron chi connectivity index (χ4n) is 2.41. The molecule has 7 heteroatoms. The fraction of sp³-hybridized carbons (Fsp3) is 0.200. The fourth-order valence-corrected chi connectivity index (χ4v) is 4.19. The summed E-state index contributed by atoms with van der Waals surface area (Å²) in [7, 11) is 1.60.